The van der Waals surface area contributed by atoms with E-state index < -0.39 is 6.23 Å². The Kier molecular flexibility index (Phi) is 5.54. The quantitative estimate of drug-likeness (QED) is 0.333. The van der Waals surface area contributed by atoms with E-state index >= 15 is 0 Å². The molecule has 1 unspecified atom stereocenters. The number of aliphatic hydroxyl groups is 1. The van der Waals surface area contributed by atoms with Crippen molar-refractivity contribution in [2.45, 2.75) is 69.6 Å². The number of hydrogen-bond donors (Lipinski definition) is 3. The molecule has 2 atom stereocenters. The molecule has 0 aliphatic heterocycles. The van der Waals surface area contributed by atoms with Crippen molar-refractivity contribution in [3.05, 3.63) is 65.6 Å². The van der Waals surface area contributed by atoms with Crippen LogP contribution < -0.4 is 5.32 Å². The molecule has 2 saturated carbocycles. The van der Waals surface area contributed by atoms with Crippen molar-refractivity contribution in [1.82, 2.24) is 25.3 Å². The Bertz CT molecular complexity index is 1330. The molecule has 3 aromatic heterocycles. The Balaban J connectivity index is 1.16. The zero-order valence-electron chi connectivity index (χ0n) is 19.3. The topological polar surface area (TPSA) is 86.7 Å². The average Bonchev–Trinajstić information content (AvgIpc) is 3.57. The van der Waals surface area contributed by atoms with Gasteiger partial charge >= 0.3 is 0 Å². The van der Waals surface area contributed by atoms with Gasteiger partial charge in [0.2, 0.25) is 0 Å². The highest BCUT2D eigenvalue weighted by Gasteiger charge is 2.30. The summed E-state index contributed by atoms with van der Waals surface area (Å²) in [6.07, 6.45) is 9.47. The Morgan fingerprint density at radius 2 is 1.85 bits per heavy atom. The minimum atomic E-state index is -0.748. The first kappa shape index (κ1) is 21.6. The van der Waals surface area contributed by atoms with Crippen molar-refractivity contribution in [1.29, 1.82) is 0 Å². The first-order chi connectivity index (χ1) is 16.5. The summed E-state index contributed by atoms with van der Waals surface area (Å²) >= 11 is 0. The molecule has 6 nitrogen and oxygen atoms in total. The highest BCUT2D eigenvalue weighted by atomic mass is 19.1. The average molecular weight is 460 g/mol. The molecule has 2 aliphatic rings. The molecular weight excluding hydrogens is 429 g/mol. The lowest BCUT2D eigenvalue weighted by Crippen LogP contribution is -2.23. The van der Waals surface area contributed by atoms with Crippen LogP contribution in [0.2, 0.25) is 0 Å². The number of pyridine rings is 2. The fourth-order valence-electron chi connectivity index (χ4n) is 5.52. The SMILES string of the molecule is C[C@@H](c1nc2cc(C(O)NC3CC3)ncc2[nH]1)C1CCC(c2ccnc3ccc(F)cc23)CC1. The lowest BCUT2D eigenvalue weighted by atomic mass is 9.73. The molecule has 0 spiro atoms. The van der Waals surface area contributed by atoms with Gasteiger partial charge in [-0.3, -0.25) is 15.3 Å². The number of aromatic nitrogens is 4. The summed E-state index contributed by atoms with van der Waals surface area (Å²) in [5, 5.41) is 14.5. The molecule has 0 radical (unpaired) electrons. The molecule has 2 fully saturated rings. The summed E-state index contributed by atoms with van der Waals surface area (Å²) in [4.78, 5) is 17.2. The van der Waals surface area contributed by atoms with Crippen molar-refractivity contribution >= 4 is 21.9 Å². The zero-order valence-corrected chi connectivity index (χ0v) is 19.3. The normalized spacial score (nSPS) is 22.8. The standard InChI is InChI=1S/C27H30FN5O/c1-15(26-32-23-13-24(30-14-25(23)33-26)27(34)31-19-7-8-19)16-2-4-17(5-3-16)20-10-11-29-22-9-6-18(28)12-21(20)22/h6,9-17,19,27,31,34H,2-5,7-8H2,1H3,(H,32,33)/t15-,16?,17?,27?/m1/s1. The summed E-state index contributed by atoms with van der Waals surface area (Å²) in [5.74, 6) is 2.05. The van der Waals surface area contributed by atoms with Crippen molar-refractivity contribution in [3.63, 3.8) is 0 Å². The van der Waals surface area contributed by atoms with E-state index in [0.717, 1.165) is 66.3 Å². The van der Waals surface area contributed by atoms with Crippen molar-refractivity contribution in [2.75, 3.05) is 0 Å². The summed E-state index contributed by atoms with van der Waals surface area (Å²) in [7, 11) is 0. The van der Waals surface area contributed by atoms with Crippen LogP contribution in [0.25, 0.3) is 21.9 Å². The monoisotopic (exact) mass is 459 g/mol. The maximum atomic E-state index is 13.9. The molecule has 176 valence electrons. The number of rotatable bonds is 6. The summed E-state index contributed by atoms with van der Waals surface area (Å²) in [6, 6.07) is 9.22. The number of hydrogen-bond acceptors (Lipinski definition) is 5. The van der Waals surface area contributed by atoms with Gasteiger partial charge in [0, 0.05) is 23.5 Å². The van der Waals surface area contributed by atoms with Gasteiger partial charge in [0.1, 0.15) is 17.9 Å². The number of nitrogens with one attached hydrogen (secondary N) is 2. The van der Waals surface area contributed by atoms with Gasteiger partial charge in [-0.15, -0.1) is 0 Å². The third kappa shape index (κ3) is 4.18. The van der Waals surface area contributed by atoms with Crippen LogP contribution in [-0.4, -0.2) is 31.1 Å². The predicted octanol–water partition coefficient (Wildman–Crippen LogP) is 5.47. The largest absolute Gasteiger partial charge is 0.373 e. The molecule has 0 amide bonds. The zero-order chi connectivity index (χ0) is 23.2. The van der Waals surface area contributed by atoms with E-state index in [9.17, 15) is 9.50 Å². The van der Waals surface area contributed by atoms with Gasteiger partial charge in [-0.2, -0.15) is 0 Å². The highest BCUT2D eigenvalue weighted by Crippen LogP contribution is 2.43. The Morgan fingerprint density at radius 1 is 1.03 bits per heavy atom. The van der Waals surface area contributed by atoms with Crippen LogP contribution in [0.4, 0.5) is 4.39 Å². The van der Waals surface area contributed by atoms with E-state index in [2.05, 4.69) is 33.3 Å². The second-order valence-corrected chi connectivity index (χ2v) is 10.1. The highest BCUT2D eigenvalue weighted by molar-refractivity contribution is 5.82. The maximum absolute atomic E-state index is 13.9. The Morgan fingerprint density at radius 3 is 2.65 bits per heavy atom. The lowest BCUT2D eigenvalue weighted by molar-refractivity contribution is 0.132. The fraction of sp³-hybridized carbons (Fsp3) is 0.444. The second kappa shape index (κ2) is 8.71. The van der Waals surface area contributed by atoms with E-state index in [-0.39, 0.29) is 5.82 Å². The number of H-pyrrole nitrogens is 1. The molecule has 3 N–H and O–H groups in total. The summed E-state index contributed by atoms with van der Waals surface area (Å²) in [5.41, 5.74) is 4.45. The summed E-state index contributed by atoms with van der Waals surface area (Å²) in [6.45, 7) is 2.25. The van der Waals surface area contributed by atoms with E-state index in [0.29, 0.717) is 29.5 Å². The van der Waals surface area contributed by atoms with Gasteiger partial charge < -0.3 is 10.1 Å². The number of halogens is 1. The van der Waals surface area contributed by atoms with Gasteiger partial charge in [-0.25, -0.2) is 9.37 Å². The summed E-state index contributed by atoms with van der Waals surface area (Å²) < 4.78 is 13.9. The number of aliphatic hydroxyl groups excluding tert-OH is 1. The van der Waals surface area contributed by atoms with E-state index in [1.165, 1.54) is 11.6 Å². The van der Waals surface area contributed by atoms with E-state index in [1.54, 1.807) is 18.3 Å². The lowest BCUT2D eigenvalue weighted by Gasteiger charge is -2.32. The smallest absolute Gasteiger partial charge is 0.148 e. The van der Waals surface area contributed by atoms with Crippen LogP contribution >= 0.6 is 0 Å². The third-order valence-corrected chi connectivity index (χ3v) is 7.75. The fourth-order valence-corrected chi connectivity index (χ4v) is 5.52. The molecule has 1 aromatic carbocycles. The molecule has 0 saturated heterocycles. The van der Waals surface area contributed by atoms with Crippen molar-refractivity contribution in [2.24, 2.45) is 5.92 Å². The molecule has 0 bridgehead atoms. The van der Waals surface area contributed by atoms with Crippen molar-refractivity contribution in [3.8, 4) is 0 Å². The molecule has 2 aliphatic carbocycles. The van der Waals surface area contributed by atoms with Gasteiger partial charge in [-0.1, -0.05) is 6.92 Å². The molecule has 6 rings (SSSR count). The Hall–Kier alpha value is -2.90. The predicted molar refractivity (Wildman–Crippen MR) is 130 cm³/mol. The van der Waals surface area contributed by atoms with Crippen molar-refractivity contribution < 1.29 is 9.50 Å². The van der Waals surface area contributed by atoms with Crippen LogP contribution in [0.15, 0.2) is 42.7 Å². The Labute approximate surface area is 198 Å². The van der Waals surface area contributed by atoms with Crippen LogP contribution in [0, 0.1) is 11.7 Å². The minimum Gasteiger partial charge on any atom is -0.373 e. The van der Waals surface area contributed by atoms with Crippen LogP contribution in [0.1, 0.15) is 80.6 Å². The molecule has 34 heavy (non-hydrogen) atoms. The molecule has 3 heterocycles. The number of nitrogens with zero attached hydrogens (tertiary/aromatic N) is 3. The molecular formula is C27H30FN5O. The first-order valence-electron chi connectivity index (χ1n) is 12.4. The minimum absolute atomic E-state index is 0.206. The second-order valence-electron chi connectivity index (χ2n) is 10.1. The number of aromatic amines is 1. The molecule has 7 heteroatoms. The van der Waals surface area contributed by atoms with Crippen LogP contribution in [-0.2, 0) is 0 Å². The van der Waals surface area contributed by atoms with Gasteiger partial charge in [0.15, 0.2) is 0 Å². The maximum Gasteiger partial charge on any atom is 0.148 e. The number of imidazole rings is 1. The number of benzene rings is 1. The van der Waals surface area contributed by atoms with Crippen LogP contribution in [0.5, 0.6) is 0 Å². The van der Waals surface area contributed by atoms with Gasteiger partial charge in [-0.05, 0) is 86.3 Å². The van der Waals surface area contributed by atoms with E-state index in [4.69, 9.17) is 4.98 Å². The molecule has 4 aromatic rings. The third-order valence-electron chi connectivity index (χ3n) is 7.75. The van der Waals surface area contributed by atoms with Gasteiger partial charge in [0.05, 0.1) is 28.4 Å². The number of fused-ring (bicyclic) bond motifs is 2. The van der Waals surface area contributed by atoms with Gasteiger partial charge in [0.25, 0.3) is 0 Å². The first-order valence-corrected chi connectivity index (χ1v) is 12.4. The van der Waals surface area contributed by atoms with E-state index in [1.807, 2.05) is 12.3 Å². The van der Waals surface area contributed by atoms with Crippen LogP contribution in [0.3, 0.4) is 0 Å².